The largest absolute Gasteiger partial charge is 0.366 e. The number of fused-ring (bicyclic) bond motifs is 1. The molecule has 23 heavy (non-hydrogen) atoms. The van der Waals surface area contributed by atoms with Crippen molar-refractivity contribution >= 4 is 17.3 Å². The molecule has 0 radical (unpaired) electrons. The molecule has 0 spiro atoms. The van der Waals surface area contributed by atoms with E-state index < -0.39 is 5.82 Å². The Morgan fingerprint density at radius 3 is 3.00 bits per heavy atom. The van der Waals surface area contributed by atoms with E-state index in [1.54, 1.807) is 16.9 Å². The molecule has 0 unspecified atom stereocenters. The first kappa shape index (κ1) is 14.1. The van der Waals surface area contributed by atoms with Crippen molar-refractivity contribution in [2.45, 2.75) is 13.0 Å². The van der Waals surface area contributed by atoms with Gasteiger partial charge in [0, 0.05) is 31.9 Å². The predicted molar refractivity (Wildman–Crippen MR) is 82.5 cm³/mol. The smallest absolute Gasteiger partial charge is 0.209 e. The van der Waals surface area contributed by atoms with Crippen LogP contribution in [0.4, 0.5) is 10.1 Å². The lowest BCUT2D eigenvalue weighted by molar-refractivity contribution is 0.630. The summed E-state index contributed by atoms with van der Waals surface area (Å²) >= 11 is 6.03. The van der Waals surface area contributed by atoms with Gasteiger partial charge in [-0.3, -0.25) is 4.68 Å². The van der Waals surface area contributed by atoms with Crippen LogP contribution in [0.25, 0.3) is 11.4 Å². The Morgan fingerprint density at radius 1 is 1.43 bits per heavy atom. The number of tetrazole rings is 1. The zero-order chi connectivity index (χ0) is 16.0. The molecule has 1 aromatic carbocycles. The van der Waals surface area contributed by atoms with Crippen LogP contribution in [0.2, 0.25) is 5.02 Å². The minimum Gasteiger partial charge on any atom is -0.366 e. The van der Waals surface area contributed by atoms with Crippen LogP contribution >= 0.6 is 11.6 Å². The number of H-pyrrole nitrogens is 1. The van der Waals surface area contributed by atoms with E-state index in [2.05, 4.69) is 30.6 Å². The average molecular weight is 334 g/mol. The molecule has 0 saturated carbocycles. The third kappa shape index (κ3) is 2.35. The molecule has 9 heteroatoms. The van der Waals surface area contributed by atoms with Crippen LogP contribution in [-0.2, 0) is 20.0 Å². The lowest BCUT2D eigenvalue weighted by Crippen LogP contribution is -2.20. The van der Waals surface area contributed by atoms with Crippen molar-refractivity contribution < 1.29 is 4.39 Å². The van der Waals surface area contributed by atoms with E-state index in [4.69, 9.17) is 11.6 Å². The number of halogens is 2. The minimum atomic E-state index is -0.523. The fourth-order valence-corrected chi connectivity index (χ4v) is 3.22. The SMILES string of the molecule is Cn1cc(CN2CCc3cc(Cl)c(F)c(-c4nn[nH]n4)c32)cn1. The Balaban J connectivity index is 1.82. The lowest BCUT2D eigenvalue weighted by atomic mass is 10.1. The van der Waals surface area contributed by atoms with Crippen LogP contribution in [0, 0.1) is 5.82 Å². The molecular weight excluding hydrogens is 321 g/mol. The number of hydrogen-bond donors (Lipinski definition) is 1. The standard InChI is InChI=1S/C14H13ClFN7/c1-22-6-8(5-17-22)7-23-3-2-9-4-10(15)12(16)11(13(9)23)14-18-20-21-19-14/h4-6H,2-3,7H2,1H3,(H,18,19,20,21). The molecule has 2 aromatic heterocycles. The number of aromatic amines is 1. The molecule has 3 heterocycles. The normalized spacial score (nSPS) is 13.6. The maximum Gasteiger partial charge on any atom is 0.209 e. The van der Waals surface area contributed by atoms with Crippen molar-refractivity contribution in [3.63, 3.8) is 0 Å². The topological polar surface area (TPSA) is 75.5 Å². The van der Waals surface area contributed by atoms with Gasteiger partial charge in [0.15, 0.2) is 5.82 Å². The van der Waals surface area contributed by atoms with Crippen molar-refractivity contribution in [3.8, 4) is 11.4 Å². The third-order valence-electron chi connectivity index (χ3n) is 3.94. The molecule has 0 bridgehead atoms. The number of aromatic nitrogens is 6. The van der Waals surface area contributed by atoms with Gasteiger partial charge in [0.25, 0.3) is 0 Å². The fourth-order valence-electron chi connectivity index (χ4n) is 2.99. The molecule has 7 nitrogen and oxygen atoms in total. The summed E-state index contributed by atoms with van der Waals surface area (Å²) < 4.78 is 16.4. The van der Waals surface area contributed by atoms with E-state index >= 15 is 0 Å². The van der Waals surface area contributed by atoms with E-state index in [9.17, 15) is 4.39 Å². The molecule has 1 aliphatic heterocycles. The van der Waals surface area contributed by atoms with E-state index in [-0.39, 0.29) is 10.8 Å². The third-order valence-corrected chi connectivity index (χ3v) is 4.21. The van der Waals surface area contributed by atoms with Gasteiger partial charge in [0.05, 0.1) is 22.5 Å². The lowest BCUT2D eigenvalue weighted by Gasteiger charge is -2.21. The monoisotopic (exact) mass is 333 g/mol. The minimum absolute atomic E-state index is 0.0757. The van der Waals surface area contributed by atoms with Crippen molar-refractivity contribution in [2.75, 3.05) is 11.4 Å². The molecule has 1 aliphatic rings. The highest BCUT2D eigenvalue weighted by Crippen LogP contribution is 2.42. The first-order chi connectivity index (χ1) is 11.1. The molecule has 118 valence electrons. The first-order valence-electron chi connectivity index (χ1n) is 7.10. The molecule has 0 fully saturated rings. The maximum absolute atomic E-state index is 14.6. The number of nitrogens with zero attached hydrogens (tertiary/aromatic N) is 6. The van der Waals surface area contributed by atoms with Crippen LogP contribution in [0.1, 0.15) is 11.1 Å². The Bertz CT molecular complexity index is 858. The Hall–Kier alpha value is -2.48. The summed E-state index contributed by atoms with van der Waals surface area (Å²) in [5.74, 6) is -0.316. The highest BCUT2D eigenvalue weighted by Gasteiger charge is 2.29. The Morgan fingerprint density at radius 2 is 2.30 bits per heavy atom. The Labute approximate surface area is 136 Å². The Kier molecular flexibility index (Phi) is 3.26. The van der Waals surface area contributed by atoms with Crippen molar-refractivity contribution in [2.24, 2.45) is 7.05 Å². The second-order valence-electron chi connectivity index (χ2n) is 5.48. The summed E-state index contributed by atoms with van der Waals surface area (Å²) in [7, 11) is 1.87. The number of hydrogen-bond acceptors (Lipinski definition) is 5. The molecule has 0 saturated heterocycles. The number of anilines is 1. The van der Waals surface area contributed by atoms with Crippen LogP contribution in [-0.4, -0.2) is 36.9 Å². The van der Waals surface area contributed by atoms with Crippen LogP contribution in [0.5, 0.6) is 0 Å². The van der Waals surface area contributed by atoms with Gasteiger partial charge >= 0.3 is 0 Å². The summed E-state index contributed by atoms with van der Waals surface area (Å²) in [4.78, 5) is 2.09. The van der Waals surface area contributed by atoms with E-state index in [1.807, 2.05) is 13.2 Å². The van der Waals surface area contributed by atoms with Gasteiger partial charge in [0.2, 0.25) is 5.82 Å². The molecule has 4 rings (SSSR count). The van der Waals surface area contributed by atoms with Crippen LogP contribution < -0.4 is 4.90 Å². The number of benzene rings is 1. The van der Waals surface area contributed by atoms with E-state index in [1.165, 1.54) is 0 Å². The van der Waals surface area contributed by atoms with E-state index in [0.29, 0.717) is 12.1 Å². The van der Waals surface area contributed by atoms with Crippen molar-refractivity contribution in [1.82, 2.24) is 30.4 Å². The number of aryl methyl sites for hydroxylation is 1. The van der Waals surface area contributed by atoms with Gasteiger partial charge in [-0.05, 0) is 23.3 Å². The number of nitrogens with one attached hydrogen (secondary N) is 1. The van der Waals surface area contributed by atoms with E-state index in [0.717, 1.165) is 29.8 Å². The highest BCUT2D eigenvalue weighted by molar-refractivity contribution is 6.31. The molecule has 3 aromatic rings. The second-order valence-corrected chi connectivity index (χ2v) is 5.89. The second kappa shape index (κ2) is 5.31. The summed E-state index contributed by atoms with van der Waals surface area (Å²) in [6, 6.07) is 1.68. The van der Waals surface area contributed by atoms with Gasteiger partial charge in [0.1, 0.15) is 0 Å². The summed E-state index contributed by atoms with van der Waals surface area (Å²) in [5, 5.41) is 18.0. The molecule has 1 N–H and O–H groups in total. The zero-order valence-corrected chi connectivity index (χ0v) is 13.0. The molecular formula is C14H13ClFN7. The van der Waals surface area contributed by atoms with Gasteiger partial charge in [-0.15, -0.1) is 10.2 Å². The fraction of sp³-hybridized carbons (Fsp3) is 0.286. The van der Waals surface area contributed by atoms with Gasteiger partial charge in [-0.25, -0.2) is 4.39 Å². The van der Waals surface area contributed by atoms with Crippen LogP contribution in [0.3, 0.4) is 0 Å². The van der Waals surface area contributed by atoms with Crippen molar-refractivity contribution in [1.29, 1.82) is 0 Å². The zero-order valence-electron chi connectivity index (χ0n) is 12.3. The van der Waals surface area contributed by atoms with Crippen molar-refractivity contribution in [3.05, 3.63) is 40.4 Å². The first-order valence-corrected chi connectivity index (χ1v) is 7.48. The number of rotatable bonds is 3. The summed E-state index contributed by atoms with van der Waals surface area (Å²) in [6.07, 6.45) is 4.54. The highest BCUT2D eigenvalue weighted by atomic mass is 35.5. The van der Waals surface area contributed by atoms with Gasteiger partial charge < -0.3 is 4.90 Å². The molecule has 0 aliphatic carbocycles. The molecule has 0 atom stereocenters. The quantitative estimate of drug-likeness (QED) is 0.793. The summed E-state index contributed by atoms with van der Waals surface area (Å²) in [6.45, 7) is 1.40. The maximum atomic E-state index is 14.6. The molecule has 0 amide bonds. The average Bonchev–Trinajstić information content (AvgIpc) is 3.24. The summed E-state index contributed by atoms with van der Waals surface area (Å²) in [5.41, 5.74) is 3.11. The van der Waals surface area contributed by atoms with Gasteiger partial charge in [-0.1, -0.05) is 11.6 Å². The van der Waals surface area contributed by atoms with Crippen LogP contribution in [0.15, 0.2) is 18.5 Å². The predicted octanol–water partition coefficient (Wildman–Crippen LogP) is 1.96. The van der Waals surface area contributed by atoms with Gasteiger partial charge in [-0.2, -0.15) is 10.3 Å².